The first-order valence-electron chi connectivity index (χ1n) is 6.83. The second-order valence-corrected chi connectivity index (χ2v) is 7.53. The van der Waals surface area contributed by atoms with Gasteiger partial charge in [-0.05, 0) is 25.0 Å². The lowest BCUT2D eigenvalue weighted by Crippen LogP contribution is -2.23. The molecule has 0 fully saturated rings. The van der Waals surface area contributed by atoms with E-state index in [1.807, 2.05) is 30.7 Å². The summed E-state index contributed by atoms with van der Waals surface area (Å²) < 4.78 is 1.94. The minimum atomic E-state index is -0.0625. The molecule has 0 aromatic carbocycles. The Bertz CT molecular complexity index is 618. The van der Waals surface area contributed by atoms with Crippen LogP contribution in [0.4, 0.5) is 0 Å². The Labute approximate surface area is 133 Å². The van der Waals surface area contributed by atoms with Crippen molar-refractivity contribution in [1.29, 1.82) is 0 Å². The molecule has 0 saturated heterocycles. The van der Waals surface area contributed by atoms with Crippen LogP contribution >= 0.6 is 23.1 Å². The Balaban J connectivity index is 1.93. The zero-order chi connectivity index (χ0) is 15.4. The summed E-state index contributed by atoms with van der Waals surface area (Å²) in [5.41, 5.74) is 0. The van der Waals surface area contributed by atoms with Crippen LogP contribution in [0.15, 0.2) is 17.3 Å². The summed E-state index contributed by atoms with van der Waals surface area (Å²) in [4.78, 5) is 13.9. The number of carbonyl (C=O) groups is 1. The van der Waals surface area contributed by atoms with Gasteiger partial charge in [-0.25, -0.2) is 0 Å². The lowest BCUT2D eigenvalue weighted by molar-refractivity contribution is 0.0953. The number of aromatic nitrogens is 3. The second-order valence-electron chi connectivity index (χ2n) is 5.26. The third kappa shape index (κ3) is 4.31. The minimum Gasteiger partial charge on any atom is -0.344 e. The zero-order valence-corrected chi connectivity index (χ0v) is 14.3. The predicted octanol–water partition coefficient (Wildman–Crippen LogP) is 2.86. The van der Waals surface area contributed by atoms with Gasteiger partial charge in [0.15, 0.2) is 11.0 Å². The number of hydrogen-bond donors (Lipinski definition) is 1. The highest BCUT2D eigenvalue weighted by molar-refractivity contribution is 7.99. The fourth-order valence-corrected chi connectivity index (χ4v) is 3.33. The first-order chi connectivity index (χ1) is 9.97. The first-order valence-corrected chi connectivity index (χ1v) is 8.63. The van der Waals surface area contributed by atoms with Crippen molar-refractivity contribution in [2.45, 2.75) is 32.5 Å². The number of hydrogen-bond acceptors (Lipinski definition) is 5. The van der Waals surface area contributed by atoms with Crippen LogP contribution < -0.4 is 5.32 Å². The largest absolute Gasteiger partial charge is 0.344 e. The monoisotopic (exact) mass is 324 g/mol. The van der Waals surface area contributed by atoms with Crippen LogP contribution in [0.3, 0.4) is 0 Å². The molecule has 2 aromatic heterocycles. The van der Waals surface area contributed by atoms with Crippen molar-refractivity contribution in [3.8, 4) is 0 Å². The van der Waals surface area contributed by atoms with E-state index in [-0.39, 0.29) is 5.91 Å². The van der Waals surface area contributed by atoms with Crippen LogP contribution in [0, 0.1) is 12.8 Å². The molecule has 0 spiro atoms. The number of carbonyl (C=O) groups excluding carboxylic acids is 1. The van der Waals surface area contributed by atoms with E-state index < -0.39 is 0 Å². The Kier molecular flexibility index (Phi) is 5.41. The average Bonchev–Trinajstić information content (AvgIpc) is 3.01. The van der Waals surface area contributed by atoms with Gasteiger partial charge in [-0.2, -0.15) is 0 Å². The van der Waals surface area contributed by atoms with Crippen LogP contribution in [-0.4, -0.2) is 26.4 Å². The number of nitrogens with one attached hydrogen (secondary N) is 1. The molecule has 21 heavy (non-hydrogen) atoms. The van der Waals surface area contributed by atoms with E-state index in [4.69, 9.17) is 0 Å². The summed E-state index contributed by atoms with van der Waals surface area (Å²) in [7, 11) is 1.93. The van der Waals surface area contributed by atoms with Gasteiger partial charge in [0.05, 0.1) is 11.4 Å². The van der Waals surface area contributed by atoms with Gasteiger partial charge in [-0.3, -0.25) is 4.79 Å². The Hall–Kier alpha value is -1.34. The third-order valence-electron chi connectivity index (χ3n) is 2.84. The molecule has 7 heteroatoms. The summed E-state index contributed by atoms with van der Waals surface area (Å²) in [6.07, 6.45) is 0. The maximum atomic E-state index is 12.0. The van der Waals surface area contributed by atoms with E-state index in [9.17, 15) is 4.79 Å². The van der Waals surface area contributed by atoms with Crippen molar-refractivity contribution in [1.82, 2.24) is 20.1 Å². The number of aryl methyl sites for hydroxylation is 1. The van der Waals surface area contributed by atoms with Crippen molar-refractivity contribution >= 4 is 29.0 Å². The molecule has 0 saturated carbocycles. The van der Waals surface area contributed by atoms with E-state index >= 15 is 0 Å². The highest BCUT2D eigenvalue weighted by atomic mass is 32.2. The third-order valence-corrected chi connectivity index (χ3v) is 5.29. The fourth-order valence-electron chi connectivity index (χ4n) is 1.67. The standard InChI is InChI=1S/C14H20N4OS2/c1-9(2)8-20-14-17-16-12(18(14)4)7-15-13(19)11-6-5-10(3)21-11/h5-6,9H,7-8H2,1-4H3,(H,15,19). The number of thioether (sulfide) groups is 1. The van der Waals surface area contributed by atoms with Gasteiger partial charge in [-0.15, -0.1) is 21.5 Å². The maximum Gasteiger partial charge on any atom is 0.261 e. The molecule has 2 heterocycles. The van der Waals surface area contributed by atoms with E-state index in [0.29, 0.717) is 12.5 Å². The maximum absolute atomic E-state index is 12.0. The summed E-state index contributed by atoms with van der Waals surface area (Å²) in [6, 6.07) is 3.79. The van der Waals surface area contributed by atoms with E-state index in [2.05, 4.69) is 29.4 Å². The minimum absolute atomic E-state index is 0.0625. The van der Waals surface area contributed by atoms with Crippen LogP contribution in [-0.2, 0) is 13.6 Å². The lowest BCUT2D eigenvalue weighted by atomic mass is 10.3. The fraction of sp³-hybridized carbons (Fsp3) is 0.500. The molecule has 0 aliphatic rings. The number of thiophene rings is 1. The summed E-state index contributed by atoms with van der Waals surface area (Å²) in [5.74, 6) is 2.32. The molecule has 2 aromatic rings. The molecule has 0 aliphatic carbocycles. The smallest absolute Gasteiger partial charge is 0.261 e. The summed E-state index contributed by atoms with van der Waals surface area (Å²) >= 11 is 3.18. The van der Waals surface area contributed by atoms with Gasteiger partial charge in [0.1, 0.15) is 0 Å². The van der Waals surface area contributed by atoms with E-state index in [1.54, 1.807) is 11.8 Å². The summed E-state index contributed by atoms with van der Waals surface area (Å²) in [5, 5.41) is 12.1. The molecule has 114 valence electrons. The van der Waals surface area contributed by atoms with Crippen LogP contribution in [0.5, 0.6) is 0 Å². The first kappa shape index (κ1) is 16.0. The molecule has 5 nitrogen and oxygen atoms in total. The van der Waals surface area contributed by atoms with Gasteiger partial charge < -0.3 is 9.88 Å². The molecule has 0 unspecified atom stereocenters. The molecule has 0 aliphatic heterocycles. The van der Waals surface area contributed by atoms with Crippen molar-refractivity contribution in [3.05, 3.63) is 27.7 Å². The molecule has 0 atom stereocenters. The van der Waals surface area contributed by atoms with Crippen LogP contribution in [0.1, 0.15) is 34.2 Å². The quantitative estimate of drug-likeness (QED) is 0.830. The van der Waals surface area contributed by atoms with Crippen LogP contribution in [0.2, 0.25) is 0 Å². The Morgan fingerprint density at radius 1 is 1.43 bits per heavy atom. The predicted molar refractivity (Wildman–Crippen MR) is 86.8 cm³/mol. The Morgan fingerprint density at radius 2 is 2.19 bits per heavy atom. The number of amides is 1. The van der Waals surface area contributed by atoms with E-state index in [0.717, 1.165) is 26.5 Å². The van der Waals surface area contributed by atoms with Gasteiger partial charge in [-0.1, -0.05) is 25.6 Å². The van der Waals surface area contributed by atoms with Gasteiger partial charge in [0, 0.05) is 17.7 Å². The van der Waals surface area contributed by atoms with Crippen molar-refractivity contribution in [2.24, 2.45) is 13.0 Å². The molecule has 1 N–H and O–H groups in total. The highest BCUT2D eigenvalue weighted by Gasteiger charge is 2.12. The van der Waals surface area contributed by atoms with Gasteiger partial charge in [0.2, 0.25) is 0 Å². The van der Waals surface area contributed by atoms with Crippen molar-refractivity contribution < 1.29 is 4.79 Å². The van der Waals surface area contributed by atoms with E-state index in [1.165, 1.54) is 11.3 Å². The SMILES string of the molecule is Cc1ccc(C(=O)NCc2nnc(SCC(C)C)n2C)s1. The molecule has 0 bridgehead atoms. The molecule has 1 amide bonds. The summed E-state index contributed by atoms with van der Waals surface area (Å²) in [6.45, 7) is 6.73. The number of rotatable bonds is 6. The zero-order valence-electron chi connectivity index (χ0n) is 12.7. The normalized spacial score (nSPS) is 11.1. The topological polar surface area (TPSA) is 59.8 Å². The number of nitrogens with zero attached hydrogens (tertiary/aromatic N) is 3. The Morgan fingerprint density at radius 3 is 2.81 bits per heavy atom. The van der Waals surface area contributed by atoms with Gasteiger partial charge in [0.25, 0.3) is 5.91 Å². The molecular weight excluding hydrogens is 304 g/mol. The van der Waals surface area contributed by atoms with Gasteiger partial charge >= 0.3 is 0 Å². The molecular formula is C14H20N4OS2. The second kappa shape index (κ2) is 7.09. The lowest BCUT2D eigenvalue weighted by Gasteiger charge is -2.06. The molecule has 2 rings (SSSR count). The highest BCUT2D eigenvalue weighted by Crippen LogP contribution is 2.19. The molecule has 0 radical (unpaired) electrons. The average molecular weight is 324 g/mol. The van der Waals surface area contributed by atoms with Crippen molar-refractivity contribution in [2.75, 3.05) is 5.75 Å². The van der Waals surface area contributed by atoms with Crippen molar-refractivity contribution in [3.63, 3.8) is 0 Å². The van der Waals surface area contributed by atoms with Crippen LogP contribution in [0.25, 0.3) is 0 Å².